The van der Waals surface area contributed by atoms with E-state index in [0.29, 0.717) is 5.52 Å². The van der Waals surface area contributed by atoms with Gasteiger partial charge in [0, 0.05) is 0 Å². The number of fused-ring (bicyclic) bond motifs is 2. The van der Waals surface area contributed by atoms with E-state index < -0.39 is 22.0 Å². The minimum atomic E-state index is -3.90. The molecule has 4 rings (SSSR count). The summed E-state index contributed by atoms with van der Waals surface area (Å²) in [6.07, 6.45) is 0. The summed E-state index contributed by atoms with van der Waals surface area (Å²) in [7, 11) is -3.90. The van der Waals surface area contributed by atoms with Crippen LogP contribution in [0, 0.1) is 5.92 Å². The van der Waals surface area contributed by atoms with E-state index in [-0.39, 0.29) is 16.8 Å². The monoisotopic (exact) mass is 422 g/mol. The number of benzene rings is 3. The number of aromatic nitrogens is 2. The summed E-state index contributed by atoms with van der Waals surface area (Å²) < 4.78 is 28.5. The number of aromatic amines is 1. The molecule has 1 aromatic heterocycles. The van der Waals surface area contributed by atoms with Crippen LogP contribution in [0.2, 0.25) is 0 Å². The maximum atomic E-state index is 13.0. The number of imidazole rings is 1. The molecule has 3 aromatic carbocycles. The van der Waals surface area contributed by atoms with Crippen LogP contribution >= 0.6 is 0 Å². The van der Waals surface area contributed by atoms with E-state index in [2.05, 4.69) is 20.0 Å². The van der Waals surface area contributed by atoms with Gasteiger partial charge in [0.05, 0.1) is 15.9 Å². The number of H-pyrrole nitrogens is 1. The van der Waals surface area contributed by atoms with Gasteiger partial charge in [-0.2, -0.15) is 4.72 Å². The Labute approximate surface area is 174 Å². The van der Waals surface area contributed by atoms with Crippen LogP contribution in [0.1, 0.15) is 13.8 Å². The van der Waals surface area contributed by atoms with Crippen molar-refractivity contribution in [3.63, 3.8) is 0 Å². The van der Waals surface area contributed by atoms with Crippen LogP contribution in [0.25, 0.3) is 21.8 Å². The predicted molar refractivity (Wildman–Crippen MR) is 118 cm³/mol. The lowest BCUT2D eigenvalue weighted by molar-refractivity contribution is -0.118. The third-order valence-electron chi connectivity index (χ3n) is 4.89. The Balaban J connectivity index is 1.57. The van der Waals surface area contributed by atoms with Gasteiger partial charge in [-0.25, -0.2) is 13.4 Å². The SMILES string of the molecule is CC(C)C(NS(=O)(=O)c1ccc2ccccc2c1)C(=O)Nc1nc2ccccc2[nH]1. The van der Waals surface area contributed by atoms with E-state index in [4.69, 9.17) is 0 Å². The van der Waals surface area contributed by atoms with Gasteiger partial charge in [-0.3, -0.25) is 10.1 Å². The zero-order valence-electron chi connectivity index (χ0n) is 16.6. The highest BCUT2D eigenvalue weighted by Gasteiger charge is 2.29. The first-order valence-corrected chi connectivity index (χ1v) is 11.1. The zero-order valence-corrected chi connectivity index (χ0v) is 17.4. The predicted octanol–water partition coefficient (Wildman–Crippen LogP) is 3.66. The molecule has 0 saturated carbocycles. The van der Waals surface area contributed by atoms with Crippen molar-refractivity contribution >= 4 is 43.7 Å². The number of rotatable bonds is 6. The Hall–Kier alpha value is -3.23. The van der Waals surface area contributed by atoms with Crippen LogP contribution in [0.4, 0.5) is 5.95 Å². The van der Waals surface area contributed by atoms with Crippen molar-refractivity contribution in [2.75, 3.05) is 5.32 Å². The normalized spacial score (nSPS) is 13.0. The average molecular weight is 423 g/mol. The first kappa shape index (κ1) is 20.1. The van der Waals surface area contributed by atoms with Gasteiger partial charge in [0.25, 0.3) is 0 Å². The molecule has 1 atom stereocenters. The summed E-state index contributed by atoms with van der Waals surface area (Å²) >= 11 is 0. The molecule has 1 heterocycles. The van der Waals surface area contributed by atoms with Crippen LogP contribution < -0.4 is 10.0 Å². The Morgan fingerprint density at radius 3 is 2.40 bits per heavy atom. The van der Waals surface area contributed by atoms with Gasteiger partial charge < -0.3 is 4.98 Å². The molecule has 7 nitrogen and oxygen atoms in total. The summed E-state index contributed by atoms with van der Waals surface area (Å²) in [5.41, 5.74) is 1.50. The molecule has 0 radical (unpaired) electrons. The van der Waals surface area contributed by atoms with Gasteiger partial charge in [-0.05, 0) is 41.0 Å². The lowest BCUT2D eigenvalue weighted by Gasteiger charge is -2.21. The molecule has 154 valence electrons. The van der Waals surface area contributed by atoms with Gasteiger partial charge >= 0.3 is 0 Å². The molecule has 0 aliphatic heterocycles. The molecule has 8 heteroatoms. The highest BCUT2D eigenvalue weighted by molar-refractivity contribution is 7.89. The fourth-order valence-electron chi connectivity index (χ4n) is 3.27. The quantitative estimate of drug-likeness (QED) is 0.441. The van der Waals surface area contributed by atoms with Crippen molar-refractivity contribution in [3.8, 4) is 0 Å². The average Bonchev–Trinajstić information content (AvgIpc) is 3.13. The van der Waals surface area contributed by atoms with Gasteiger partial charge in [0.1, 0.15) is 6.04 Å². The smallest absolute Gasteiger partial charge is 0.245 e. The van der Waals surface area contributed by atoms with Crippen molar-refractivity contribution in [1.82, 2.24) is 14.7 Å². The second-order valence-electron chi connectivity index (χ2n) is 7.44. The molecule has 30 heavy (non-hydrogen) atoms. The Bertz CT molecular complexity index is 1300. The first-order valence-electron chi connectivity index (χ1n) is 9.60. The summed E-state index contributed by atoms with van der Waals surface area (Å²) in [4.78, 5) is 20.3. The number of nitrogens with one attached hydrogen (secondary N) is 3. The van der Waals surface area contributed by atoms with Crippen LogP contribution in [-0.2, 0) is 14.8 Å². The maximum Gasteiger partial charge on any atom is 0.245 e. The number of carbonyl (C=O) groups is 1. The summed E-state index contributed by atoms with van der Waals surface area (Å²) in [5, 5.41) is 4.44. The van der Waals surface area contributed by atoms with Crippen molar-refractivity contribution in [2.45, 2.75) is 24.8 Å². The van der Waals surface area contributed by atoms with Crippen LogP contribution in [-0.4, -0.2) is 30.3 Å². The molecular formula is C22H22N4O3S. The standard InChI is InChI=1S/C22H22N4O3S/c1-14(2)20(21(27)25-22-23-18-9-5-6-10-19(18)24-22)26-30(28,29)17-12-11-15-7-3-4-8-16(15)13-17/h3-14,20,26H,1-2H3,(H2,23,24,25,27). The zero-order chi connectivity index (χ0) is 21.3. The minimum Gasteiger partial charge on any atom is -0.324 e. The highest BCUT2D eigenvalue weighted by atomic mass is 32.2. The van der Waals surface area contributed by atoms with E-state index in [1.54, 1.807) is 32.0 Å². The second kappa shape index (κ2) is 7.89. The third-order valence-corrected chi connectivity index (χ3v) is 6.33. The van der Waals surface area contributed by atoms with Crippen molar-refractivity contribution < 1.29 is 13.2 Å². The molecule has 0 saturated heterocycles. The van der Waals surface area contributed by atoms with E-state index in [0.717, 1.165) is 16.3 Å². The van der Waals surface area contributed by atoms with E-state index in [1.807, 2.05) is 48.5 Å². The van der Waals surface area contributed by atoms with E-state index in [9.17, 15) is 13.2 Å². The molecule has 0 aliphatic rings. The lowest BCUT2D eigenvalue weighted by Crippen LogP contribution is -2.47. The number of nitrogens with zero attached hydrogens (tertiary/aromatic N) is 1. The third kappa shape index (κ3) is 4.05. The summed E-state index contributed by atoms with van der Waals surface area (Å²) in [6, 6.07) is 18.8. The number of amides is 1. The van der Waals surface area contributed by atoms with Crippen molar-refractivity contribution in [1.29, 1.82) is 0 Å². The number of para-hydroxylation sites is 2. The van der Waals surface area contributed by atoms with Gasteiger partial charge in [-0.15, -0.1) is 0 Å². The van der Waals surface area contributed by atoms with E-state index in [1.165, 1.54) is 0 Å². The lowest BCUT2D eigenvalue weighted by atomic mass is 10.1. The highest BCUT2D eigenvalue weighted by Crippen LogP contribution is 2.20. The molecular weight excluding hydrogens is 400 g/mol. The molecule has 0 fully saturated rings. The fraction of sp³-hybridized carbons (Fsp3) is 0.182. The molecule has 0 bridgehead atoms. The van der Waals surface area contributed by atoms with Gasteiger partial charge in [-0.1, -0.05) is 56.3 Å². The number of hydrogen-bond donors (Lipinski definition) is 3. The number of anilines is 1. The largest absolute Gasteiger partial charge is 0.324 e. The van der Waals surface area contributed by atoms with Gasteiger partial charge in [0.15, 0.2) is 0 Å². The van der Waals surface area contributed by atoms with Crippen molar-refractivity contribution in [3.05, 3.63) is 66.7 Å². The minimum absolute atomic E-state index is 0.114. The summed E-state index contributed by atoms with van der Waals surface area (Å²) in [6.45, 7) is 3.57. The molecule has 0 aliphatic carbocycles. The number of sulfonamides is 1. The first-order chi connectivity index (χ1) is 14.3. The second-order valence-corrected chi connectivity index (χ2v) is 9.16. The molecule has 1 unspecified atom stereocenters. The summed E-state index contributed by atoms with van der Waals surface area (Å²) in [5.74, 6) is -0.477. The maximum absolute atomic E-state index is 13.0. The molecule has 0 spiro atoms. The van der Waals surface area contributed by atoms with E-state index >= 15 is 0 Å². The fourth-order valence-corrected chi connectivity index (χ4v) is 4.65. The number of carbonyl (C=O) groups excluding carboxylic acids is 1. The molecule has 3 N–H and O–H groups in total. The van der Waals surface area contributed by atoms with Crippen molar-refractivity contribution in [2.24, 2.45) is 5.92 Å². The topological polar surface area (TPSA) is 104 Å². The number of hydrogen-bond acceptors (Lipinski definition) is 4. The van der Waals surface area contributed by atoms with Crippen LogP contribution in [0.5, 0.6) is 0 Å². The molecule has 1 amide bonds. The Kier molecular flexibility index (Phi) is 5.27. The van der Waals surface area contributed by atoms with Crippen LogP contribution in [0.3, 0.4) is 0 Å². The Morgan fingerprint density at radius 2 is 1.67 bits per heavy atom. The van der Waals surface area contributed by atoms with Gasteiger partial charge in [0.2, 0.25) is 21.9 Å². The van der Waals surface area contributed by atoms with Crippen LogP contribution in [0.15, 0.2) is 71.6 Å². The molecule has 4 aromatic rings. The Morgan fingerprint density at radius 1 is 0.967 bits per heavy atom.